The van der Waals surface area contributed by atoms with E-state index in [0.717, 1.165) is 0 Å². The van der Waals surface area contributed by atoms with Crippen molar-refractivity contribution in [3.05, 3.63) is 25.3 Å². The molecule has 0 rings (SSSR count). The number of hydrogen-bond acceptors (Lipinski definition) is 2. The summed E-state index contributed by atoms with van der Waals surface area (Å²) in [6.45, 7) is 19.9. The fourth-order valence-corrected chi connectivity index (χ4v) is 2.81. The first-order chi connectivity index (χ1) is 9.79. The molecular formula is C18H30O2Si2. The van der Waals surface area contributed by atoms with Gasteiger partial charge in [-0.25, -0.2) is 0 Å². The number of hydrogen-bond donors (Lipinski definition) is 2. The predicted octanol–water partition coefficient (Wildman–Crippen LogP) is 3.36. The summed E-state index contributed by atoms with van der Waals surface area (Å²) in [5, 5.41) is 22.0. The Morgan fingerprint density at radius 1 is 0.773 bits per heavy atom. The summed E-state index contributed by atoms with van der Waals surface area (Å²) in [6.07, 6.45) is 3.47. The summed E-state index contributed by atoms with van der Waals surface area (Å²) in [4.78, 5) is 0. The topological polar surface area (TPSA) is 40.5 Å². The Morgan fingerprint density at radius 3 is 1.23 bits per heavy atom. The van der Waals surface area contributed by atoms with Crippen LogP contribution < -0.4 is 0 Å². The van der Waals surface area contributed by atoms with Crippen LogP contribution in [0.1, 0.15) is 12.8 Å². The van der Waals surface area contributed by atoms with Gasteiger partial charge in [0.2, 0.25) is 0 Å². The van der Waals surface area contributed by atoms with E-state index < -0.39 is 27.3 Å². The molecule has 0 heterocycles. The third-order valence-electron chi connectivity index (χ3n) is 2.85. The van der Waals surface area contributed by atoms with Crippen LogP contribution in [-0.4, -0.2) is 37.6 Å². The Kier molecular flexibility index (Phi) is 7.13. The highest BCUT2D eigenvalue weighted by molar-refractivity contribution is 6.84. The summed E-state index contributed by atoms with van der Waals surface area (Å²) in [5.74, 6) is 5.82. The predicted molar refractivity (Wildman–Crippen MR) is 102 cm³/mol. The van der Waals surface area contributed by atoms with Crippen LogP contribution in [-0.2, 0) is 0 Å². The Morgan fingerprint density at radius 2 is 1.05 bits per heavy atom. The second-order valence-corrected chi connectivity index (χ2v) is 17.2. The van der Waals surface area contributed by atoms with E-state index in [4.69, 9.17) is 0 Å². The van der Waals surface area contributed by atoms with Crippen LogP contribution in [0.4, 0.5) is 0 Å². The van der Waals surface area contributed by atoms with Gasteiger partial charge in [0, 0.05) is 12.8 Å². The molecule has 2 atom stereocenters. The minimum Gasteiger partial charge on any atom is -0.373 e. The van der Waals surface area contributed by atoms with Gasteiger partial charge in [-0.15, -0.1) is 24.2 Å². The average molecular weight is 335 g/mol. The van der Waals surface area contributed by atoms with E-state index in [9.17, 15) is 10.2 Å². The highest BCUT2D eigenvalue weighted by Gasteiger charge is 2.46. The van der Waals surface area contributed by atoms with Gasteiger partial charge in [-0.2, -0.15) is 0 Å². The van der Waals surface area contributed by atoms with Crippen molar-refractivity contribution < 1.29 is 10.2 Å². The van der Waals surface area contributed by atoms with Crippen LogP contribution in [0.5, 0.6) is 0 Å². The van der Waals surface area contributed by atoms with Gasteiger partial charge < -0.3 is 10.2 Å². The minimum absolute atomic E-state index is 0.162. The smallest absolute Gasteiger partial charge is 0.168 e. The van der Waals surface area contributed by atoms with Crippen molar-refractivity contribution in [1.82, 2.24) is 0 Å². The van der Waals surface area contributed by atoms with Gasteiger partial charge >= 0.3 is 0 Å². The first-order valence-electron chi connectivity index (χ1n) is 7.54. The molecule has 2 nitrogen and oxygen atoms in total. The molecular weight excluding hydrogens is 304 g/mol. The largest absolute Gasteiger partial charge is 0.373 e. The zero-order chi connectivity index (χ0) is 17.7. The quantitative estimate of drug-likeness (QED) is 0.460. The van der Waals surface area contributed by atoms with E-state index in [0.29, 0.717) is 0 Å². The molecule has 0 unspecified atom stereocenters. The van der Waals surface area contributed by atoms with Gasteiger partial charge in [0.1, 0.15) is 16.1 Å². The SMILES string of the molecule is C=CC[C@](O)(C#C[Si](C)(C)C)[C@@](O)(C#C[Si](C)(C)C)CC=C. The second-order valence-electron chi connectivity index (χ2n) is 7.71. The zero-order valence-electron chi connectivity index (χ0n) is 14.9. The van der Waals surface area contributed by atoms with Gasteiger partial charge in [-0.3, -0.25) is 0 Å². The molecule has 0 bridgehead atoms. The molecule has 0 spiro atoms. The van der Waals surface area contributed by atoms with Crippen molar-refractivity contribution >= 4 is 16.1 Å². The summed E-state index contributed by atoms with van der Waals surface area (Å²) < 4.78 is 0. The van der Waals surface area contributed by atoms with Crippen LogP contribution in [0.15, 0.2) is 25.3 Å². The monoisotopic (exact) mass is 334 g/mol. The molecule has 2 N–H and O–H groups in total. The summed E-state index contributed by atoms with van der Waals surface area (Å²) in [6, 6.07) is 0. The molecule has 0 aliphatic rings. The normalized spacial score (nSPS) is 16.9. The maximum Gasteiger partial charge on any atom is 0.168 e. The van der Waals surface area contributed by atoms with Gasteiger partial charge in [-0.05, 0) is 0 Å². The first kappa shape index (κ1) is 21.0. The fraction of sp³-hybridized carbons (Fsp3) is 0.556. The Balaban J connectivity index is 6.07. The summed E-state index contributed by atoms with van der Waals surface area (Å²) >= 11 is 0. The third kappa shape index (κ3) is 6.81. The van der Waals surface area contributed by atoms with E-state index in [-0.39, 0.29) is 12.8 Å². The van der Waals surface area contributed by atoms with Crippen molar-refractivity contribution in [2.45, 2.75) is 63.3 Å². The Bertz CT molecular complexity index is 482. The van der Waals surface area contributed by atoms with Gasteiger partial charge in [0.25, 0.3) is 0 Å². The Hall–Kier alpha value is -1.05. The van der Waals surface area contributed by atoms with E-state index in [1.54, 1.807) is 12.2 Å². The van der Waals surface area contributed by atoms with Crippen molar-refractivity contribution in [3.63, 3.8) is 0 Å². The molecule has 0 amide bonds. The van der Waals surface area contributed by atoms with Crippen molar-refractivity contribution in [2.75, 3.05) is 0 Å². The number of aliphatic hydroxyl groups is 2. The average Bonchev–Trinajstić information content (AvgIpc) is 2.33. The van der Waals surface area contributed by atoms with Crippen molar-refractivity contribution in [2.24, 2.45) is 0 Å². The fourth-order valence-electron chi connectivity index (χ4n) is 1.65. The highest BCUT2D eigenvalue weighted by atomic mass is 28.3. The van der Waals surface area contributed by atoms with E-state index >= 15 is 0 Å². The molecule has 0 aliphatic carbocycles. The van der Waals surface area contributed by atoms with Gasteiger partial charge in [0.05, 0.1) is 0 Å². The number of rotatable bonds is 5. The highest BCUT2D eigenvalue weighted by Crippen LogP contribution is 2.30. The lowest BCUT2D eigenvalue weighted by Gasteiger charge is -2.36. The first-order valence-corrected chi connectivity index (χ1v) is 14.5. The molecule has 0 aromatic carbocycles. The molecule has 0 radical (unpaired) electrons. The summed E-state index contributed by atoms with van der Waals surface area (Å²) in [7, 11) is -3.38. The third-order valence-corrected chi connectivity index (χ3v) is 4.60. The van der Waals surface area contributed by atoms with E-state index in [1.807, 2.05) is 0 Å². The van der Waals surface area contributed by atoms with Gasteiger partial charge in [-0.1, -0.05) is 63.3 Å². The second kappa shape index (κ2) is 7.48. The molecule has 22 heavy (non-hydrogen) atoms. The lowest BCUT2D eigenvalue weighted by Crippen LogP contribution is -2.52. The molecule has 0 fully saturated rings. The molecule has 4 heteroatoms. The maximum atomic E-state index is 11.0. The molecule has 0 saturated heterocycles. The molecule has 0 aliphatic heterocycles. The molecule has 0 aromatic rings. The van der Waals surface area contributed by atoms with E-state index in [1.165, 1.54) is 0 Å². The lowest BCUT2D eigenvalue weighted by atomic mass is 9.79. The lowest BCUT2D eigenvalue weighted by molar-refractivity contribution is -0.0748. The van der Waals surface area contributed by atoms with Crippen LogP contribution in [0.3, 0.4) is 0 Å². The standard InChI is InChI=1S/C18H30O2Si2/c1-9-11-17(19,13-15-21(3,4)5)18(20,12-10-2)14-16-22(6,7)8/h9-10,19-20H,1-2,11-12H2,3-8H3/t17-,18-/m0/s1. The van der Waals surface area contributed by atoms with Gasteiger partial charge in [0.15, 0.2) is 11.2 Å². The van der Waals surface area contributed by atoms with E-state index in [2.05, 4.69) is 75.4 Å². The van der Waals surface area contributed by atoms with Crippen LogP contribution in [0, 0.1) is 22.9 Å². The van der Waals surface area contributed by atoms with Crippen LogP contribution in [0.25, 0.3) is 0 Å². The minimum atomic E-state index is -1.69. The molecule has 122 valence electrons. The van der Waals surface area contributed by atoms with Crippen molar-refractivity contribution in [1.29, 1.82) is 0 Å². The Labute approximate surface area is 138 Å². The summed E-state index contributed by atoms with van der Waals surface area (Å²) in [5.41, 5.74) is 3.04. The van der Waals surface area contributed by atoms with Crippen molar-refractivity contribution in [3.8, 4) is 22.9 Å². The molecule has 0 saturated carbocycles. The molecule has 0 aromatic heterocycles. The van der Waals surface area contributed by atoms with Crippen LogP contribution >= 0.6 is 0 Å². The maximum absolute atomic E-state index is 11.0. The van der Waals surface area contributed by atoms with Crippen LogP contribution in [0.2, 0.25) is 39.3 Å². The zero-order valence-corrected chi connectivity index (χ0v) is 16.9.